The maximum atomic E-state index is 5.35. The van der Waals surface area contributed by atoms with Crippen LogP contribution in [0.15, 0.2) is 0 Å². The van der Waals surface area contributed by atoms with E-state index in [9.17, 15) is 0 Å². The molecule has 6 heavy (non-hydrogen) atoms. The van der Waals surface area contributed by atoms with Gasteiger partial charge in [0.15, 0.2) is 0 Å². The molecule has 0 heterocycles. The zero-order chi connectivity index (χ0) is 4.15. The van der Waals surface area contributed by atoms with Gasteiger partial charge >= 0.3 is 0 Å². The lowest BCUT2D eigenvalue weighted by atomic mass is 10.2. The van der Waals surface area contributed by atoms with Gasteiger partial charge in [-0.25, -0.2) is 0 Å². The van der Waals surface area contributed by atoms with Gasteiger partial charge in [-0.05, 0) is 30.7 Å². The van der Waals surface area contributed by atoms with Gasteiger partial charge in [0.25, 0.3) is 0 Å². The van der Waals surface area contributed by atoms with Crippen molar-refractivity contribution in [3.63, 3.8) is 0 Å². The Kier molecular flexibility index (Phi) is 0.327. The first-order chi connectivity index (χ1) is 2.93. The van der Waals surface area contributed by atoms with Crippen LogP contribution in [0.25, 0.3) is 0 Å². The molecular weight excluding hydrogens is 74.1 g/mol. The highest BCUT2D eigenvalue weighted by Gasteiger charge is 2.62. The van der Waals surface area contributed by atoms with Crippen LogP contribution in [0.5, 0.6) is 0 Å². The maximum Gasteiger partial charge on any atom is -0.00433 e. The minimum Gasteiger partial charge on any atom is -0.330 e. The molecule has 2 saturated carbocycles. The van der Waals surface area contributed by atoms with Crippen molar-refractivity contribution >= 4 is 0 Å². The van der Waals surface area contributed by atoms with Crippen molar-refractivity contribution < 1.29 is 0 Å². The topological polar surface area (TPSA) is 26.0 Å². The fourth-order valence-corrected chi connectivity index (χ4v) is 1.26. The van der Waals surface area contributed by atoms with Crippen LogP contribution in [0.2, 0.25) is 0 Å². The number of fused-ring (bicyclic) bond motifs is 1. The van der Waals surface area contributed by atoms with Crippen LogP contribution in [-0.4, -0.2) is 6.54 Å². The summed E-state index contributed by atoms with van der Waals surface area (Å²) >= 11 is 0. The van der Waals surface area contributed by atoms with Crippen molar-refractivity contribution in [1.29, 1.82) is 0 Å². The first-order valence-corrected chi connectivity index (χ1v) is 2.63. The molecule has 0 radical (unpaired) electrons. The Bertz CT molecular complexity index is 72.0. The van der Waals surface area contributed by atoms with Gasteiger partial charge in [-0.15, -0.1) is 0 Å². The van der Waals surface area contributed by atoms with Crippen LogP contribution >= 0.6 is 0 Å². The normalized spacial score (nSPS) is 60.5. The summed E-state index contributed by atoms with van der Waals surface area (Å²) in [5, 5.41) is 0. The summed E-state index contributed by atoms with van der Waals surface area (Å²) in [6.07, 6.45) is 1.50. The number of hydrogen-bond donors (Lipinski definition) is 1. The second kappa shape index (κ2) is 0.648. The Balaban J connectivity index is 1.92. The molecule has 34 valence electrons. The fourth-order valence-electron chi connectivity index (χ4n) is 1.26. The molecule has 0 saturated heterocycles. The first kappa shape index (κ1) is 3.03. The Labute approximate surface area is 37.5 Å². The molecule has 1 nitrogen and oxygen atoms in total. The minimum absolute atomic E-state index is 0.954. The van der Waals surface area contributed by atoms with Crippen LogP contribution in [0, 0.1) is 17.8 Å². The molecule has 0 bridgehead atoms. The lowest BCUT2D eigenvalue weighted by Gasteiger charge is -1.91. The quantitative estimate of drug-likeness (QED) is 0.482. The molecule has 2 aliphatic rings. The lowest BCUT2D eigenvalue weighted by molar-refractivity contribution is 0.626. The second-order valence-corrected chi connectivity index (χ2v) is 2.46. The predicted molar refractivity (Wildman–Crippen MR) is 24.1 cm³/mol. The average Bonchev–Trinajstić information content (AvgIpc) is 2.12. The number of nitrogens with two attached hydrogens (primary N) is 1. The summed E-state index contributed by atoms with van der Waals surface area (Å²) in [4.78, 5) is 0. The molecule has 3 atom stereocenters. The van der Waals surface area contributed by atoms with E-state index in [2.05, 4.69) is 0 Å². The standard InChI is InChI=1S/C5H9N/c6-2-5-3-1-4(3)5/h3-5H,1-2,6H2/t3-,4?,5?/m1/s1. The number of rotatable bonds is 1. The molecule has 0 spiro atoms. The zero-order valence-electron chi connectivity index (χ0n) is 3.72. The van der Waals surface area contributed by atoms with E-state index in [1.54, 1.807) is 0 Å². The fraction of sp³-hybridized carbons (Fsp3) is 1.00. The molecule has 2 unspecified atom stereocenters. The van der Waals surface area contributed by atoms with Gasteiger partial charge in [-0.3, -0.25) is 0 Å². The van der Waals surface area contributed by atoms with Crippen LogP contribution in [-0.2, 0) is 0 Å². The molecule has 0 aromatic rings. The SMILES string of the molecule is NCC1C2C[C@@H]12. The molecule has 1 heteroatoms. The van der Waals surface area contributed by atoms with Crippen molar-refractivity contribution in [2.24, 2.45) is 23.5 Å². The van der Waals surface area contributed by atoms with E-state index in [1.165, 1.54) is 6.42 Å². The molecule has 2 N–H and O–H groups in total. The van der Waals surface area contributed by atoms with Gasteiger partial charge in [-0.2, -0.15) is 0 Å². The highest BCUT2D eigenvalue weighted by Crippen LogP contribution is 2.67. The van der Waals surface area contributed by atoms with Crippen LogP contribution in [0.1, 0.15) is 6.42 Å². The summed E-state index contributed by atoms with van der Waals surface area (Å²) in [6.45, 7) is 0.954. The van der Waals surface area contributed by atoms with Gasteiger partial charge < -0.3 is 5.73 Å². The van der Waals surface area contributed by atoms with Crippen molar-refractivity contribution in [2.45, 2.75) is 6.42 Å². The van der Waals surface area contributed by atoms with E-state index in [4.69, 9.17) is 5.73 Å². The van der Waals surface area contributed by atoms with Crippen molar-refractivity contribution in [3.05, 3.63) is 0 Å². The summed E-state index contributed by atoms with van der Waals surface area (Å²) in [5.74, 6) is 3.19. The molecule has 0 aliphatic heterocycles. The summed E-state index contributed by atoms with van der Waals surface area (Å²) in [7, 11) is 0. The molecular formula is C5H9N. The highest BCUT2D eigenvalue weighted by molar-refractivity contribution is 5.12. The number of hydrogen-bond acceptors (Lipinski definition) is 1. The summed E-state index contributed by atoms with van der Waals surface area (Å²) < 4.78 is 0. The van der Waals surface area contributed by atoms with E-state index >= 15 is 0 Å². The smallest absolute Gasteiger partial charge is 0.00433 e. The van der Waals surface area contributed by atoms with Gasteiger partial charge in [0.1, 0.15) is 0 Å². The first-order valence-electron chi connectivity index (χ1n) is 2.63. The van der Waals surface area contributed by atoms with E-state index in [1.807, 2.05) is 0 Å². The summed E-state index contributed by atoms with van der Waals surface area (Å²) in [5.41, 5.74) is 5.35. The van der Waals surface area contributed by atoms with E-state index in [-0.39, 0.29) is 0 Å². The van der Waals surface area contributed by atoms with E-state index in [0.29, 0.717) is 0 Å². The zero-order valence-corrected chi connectivity index (χ0v) is 3.72. The summed E-state index contributed by atoms with van der Waals surface area (Å²) in [6, 6.07) is 0. The predicted octanol–water partition coefficient (Wildman–Crippen LogP) is 0.211. The Morgan fingerprint density at radius 3 is 2.17 bits per heavy atom. The van der Waals surface area contributed by atoms with Crippen LogP contribution in [0.3, 0.4) is 0 Å². The lowest BCUT2D eigenvalue weighted by Crippen LogP contribution is -2.06. The molecule has 0 amide bonds. The third kappa shape index (κ3) is 0.178. The van der Waals surface area contributed by atoms with Crippen molar-refractivity contribution in [1.82, 2.24) is 0 Å². The van der Waals surface area contributed by atoms with E-state index in [0.717, 1.165) is 24.3 Å². The molecule has 2 rings (SSSR count). The Morgan fingerprint density at radius 2 is 2.17 bits per heavy atom. The van der Waals surface area contributed by atoms with Crippen molar-refractivity contribution in [3.8, 4) is 0 Å². The second-order valence-electron chi connectivity index (χ2n) is 2.46. The third-order valence-corrected chi connectivity index (χ3v) is 2.12. The molecule has 2 fully saturated rings. The largest absolute Gasteiger partial charge is 0.330 e. The minimum atomic E-state index is 0.954. The van der Waals surface area contributed by atoms with Gasteiger partial charge in [0, 0.05) is 0 Å². The Morgan fingerprint density at radius 1 is 1.50 bits per heavy atom. The van der Waals surface area contributed by atoms with Crippen LogP contribution in [0.4, 0.5) is 0 Å². The van der Waals surface area contributed by atoms with Gasteiger partial charge in [-0.1, -0.05) is 0 Å². The molecule has 0 aromatic heterocycles. The highest BCUT2D eigenvalue weighted by atomic mass is 14.7. The van der Waals surface area contributed by atoms with Crippen LogP contribution < -0.4 is 5.73 Å². The Hall–Kier alpha value is -0.0400. The molecule has 2 aliphatic carbocycles. The average molecular weight is 83.1 g/mol. The third-order valence-electron chi connectivity index (χ3n) is 2.12. The van der Waals surface area contributed by atoms with Crippen molar-refractivity contribution in [2.75, 3.05) is 6.54 Å². The van der Waals surface area contributed by atoms with Gasteiger partial charge in [0.2, 0.25) is 0 Å². The van der Waals surface area contributed by atoms with Gasteiger partial charge in [0.05, 0.1) is 0 Å². The van der Waals surface area contributed by atoms with E-state index < -0.39 is 0 Å². The molecule has 0 aromatic carbocycles. The maximum absolute atomic E-state index is 5.35. The monoisotopic (exact) mass is 83.1 g/mol.